The number of nitrogens with one attached hydrogen (secondary N) is 1. The van der Waals surface area contributed by atoms with E-state index in [9.17, 15) is 9.90 Å². The maximum absolute atomic E-state index is 11.9. The Morgan fingerprint density at radius 3 is 2.43 bits per heavy atom. The molecule has 2 aromatic carbocycles. The number of benzene rings is 2. The highest BCUT2D eigenvalue weighted by Crippen LogP contribution is 2.22. The minimum absolute atomic E-state index is 0.0933. The SMILES string of the molecule is Cc1cc(Cl)ccc1NC(=O)COc1ccc(C(C)(C)O)cc1. The predicted molar refractivity (Wildman–Crippen MR) is 92.0 cm³/mol. The van der Waals surface area contributed by atoms with E-state index in [1.54, 1.807) is 56.3 Å². The van der Waals surface area contributed by atoms with E-state index in [-0.39, 0.29) is 12.5 Å². The highest BCUT2D eigenvalue weighted by atomic mass is 35.5. The van der Waals surface area contributed by atoms with E-state index in [0.717, 1.165) is 11.1 Å². The standard InChI is InChI=1S/C18H20ClNO3/c1-12-10-14(19)6-9-16(12)20-17(21)11-23-15-7-4-13(5-8-15)18(2,3)22/h4-10,22H,11H2,1-3H3,(H,20,21). The second-order valence-electron chi connectivity index (χ2n) is 5.88. The van der Waals surface area contributed by atoms with Crippen LogP contribution in [0.4, 0.5) is 5.69 Å². The number of anilines is 1. The maximum atomic E-state index is 11.9. The number of amides is 1. The number of hydrogen-bond acceptors (Lipinski definition) is 3. The molecule has 0 saturated carbocycles. The Hall–Kier alpha value is -2.04. The molecule has 0 fully saturated rings. The Morgan fingerprint density at radius 1 is 1.22 bits per heavy atom. The van der Waals surface area contributed by atoms with Gasteiger partial charge >= 0.3 is 0 Å². The average molecular weight is 334 g/mol. The van der Waals surface area contributed by atoms with E-state index < -0.39 is 5.60 Å². The van der Waals surface area contributed by atoms with Gasteiger partial charge in [0, 0.05) is 10.7 Å². The van der Waals surface area contributed by atoms with Crippen molar-refractivity contribution in [3.05, 3.63) is 58.6 Å². The van der Waals surface area contributed by atoms with Crippen LogP contribution >= 0.6 is 11.6 Å². The van der Waals surface area contributed by atoms with Crippen LogP contribution < -0.4 is 10.1 Å². The lowest BCUT2D eigenvalue weighted by Crippen LogP contribution is -2.20. The van der Waals surface area contributed by atoms with Gasteiger partial charge in [0.15, 0.2) is 6.61 Å². The Balaban J connectivity index is 1.91. The summed E-state index contributed by atoms with van der Waals surface area (Å²) in [6.07, 6.45) is 0. The number of aryl methyl sites for hydroxylation is 1. The molecule has 2 N–H and O–H groups in total. The van der Waals surface area contributed by atoms with Gasteiger partial charge in [0.1, 0.15) is 5.75 Å². The fourth-order valence-corrected chi connectivity index (χ4v) is 2.29. The molecule has 0 aromatic heterocycles. The molecule has 23 heavy (non-hydrogen) atoms. The van der Waals surface area contributed by atoms with Crippen LogP contribution in [0.25, 0.3) is 0 Å². The molecule has 0 saturated heterocycles. The Morgan fingerprint density at radius 2 is 1.87 bits per heavy atom. The van der Waals surface area contributed by atoms with Gasteiger partial charge in [0.2, 0.25) is 0 Å². The number of aliphatic hydroxyl groups is 1. The average Bonchev–Trinajstić information content (AvgIpc) is 2.47. The zero-order valence-electron chi connectivity index (χ0n) is 13.4. The van der Waals surface area contributed by atoms with Crippen LogP contribution in [0.2, 0.25) is 5.02 Å². The molecule has 0 unspecified atom stereocenters. The van der Waals surface area contributed by atoms with E-state index >= 15 is 0 Å². The van der Waals surface area contributed by atoms with Crippen molar-refractivity contribution < 1.29 is 14.6 Å². The van der Waals surface area contributed by atoms with Crippen LogP contribution in [-0.4, -0.2) is 17.6 Å². The molecule has 5 heteroatoms. The van der Waals surface area contributed by atoms with E-state index in [1.165, 1.54) is 0 Å². The van der Waals surface area contributed by atoms with Gasteiger partial charge in [-0.3, -0.25) is 4.79 Å². The van der Waals surface area contributed by atoms with Crippen molar-refractivity contribution in [2.45, 2.75) is 26.4 Å². The number of halogens is 1. The van der Waals surface area contributed by atoms with Crippen molar-refractivity contribution in [3.8, 4) is 5.75 Å². The summed E-state index contributed by atoms with van der Waals surface area (Å²) >= 11 is 5.88. The Kier molecular flexibility index (Phi) is 5.29. The Labute approximate surface area is 141 Å². The monoisotopic (exact) mass is 333 g/mol. The van der Waals surface area contributed by atoms with Crippen LogP contribution in [0.3, 0.4) is 0 Å². The van der Waals surface area contributed by atoms with Crippen LogP contribution in [0.15, 0.2) is 42.5 Å². The summed E-state index contributed by atoms with van der Waals surface area (Å²) in [7, 11) is 0. The van der Waals surface area contributed by atoms with Crippen molar-refractivity contribution in [2.24, 2.45) is 0 Å². The quantitative estimate of drug-likeness (QED) is 0.872. The molecule has 122 valence electrons. The molecular formula is C18H20ClNO3. The first kappa shape index (κ1) is 17.3. The van der Waals surface area contributed by atoms with Crippen LogP contribution in [0.5, 0.6) is 5.75 Å². The van der Waals surface area contributed by atoms with Gasteiger partial charge < -0.3 is 15.2 Å². The highest BCUT2D eigenvalue weighted by Gasteiger charge is 2.15. The van der Waals surface area contributed by atoms with Gasteiger partial charge in [-0.25, -0.2) is 0 Å². The lowest BCUT2D eigenvalue weighted by molar-refractivity contribution is -0.118. The van der Waals surface area contributed by atoms with Crippen molar-refractivity contribution in [1.29, 1.82) is 0 Å². The second kappa shape index (κ2) is 7.02. The molecule has 0 spiro atoms. The largest absolute Gasteiger partial charge is 0.484 e. The number of carbonyl (C=O) groups excluding carboxylic acids is 1. The zero-order chi connectivity index (χ0) is 17.0. The summed E-state index contributed by atoms with van der Waals surface area (Å²) < 4.78 is 5.45. The number of rotatable bonds is 5. The van der Waals surface area contributed by atoms with Gasteiger partial charge in [-0.05, 0) is 62.2 Å². The third-order valence-corrected chi connectivity index (χ3v) is 3.63. The van der Waals surface area contributed by atoms with Crippen LogP contribution in [0, 0.1) is 6.92 Å². The normalized spacial score (nSPS) is 11.2. The molecule has 2 aromatic rings. The molecule has 2 rings (SSSR count). The lowest BCUT2D eigenvalue weighted by atomic mass is 9.99. The molecule has 4 nitrogen and oxygen atoms in total. The molecule has 0 aliphatic heterocycles. The molecule has 0 heterocycles. The summed E-state index contributed by atoms with van der Waals surface area (Å²) in [6.45, 7) is 5.21. The summed E-state index contributed by atoms with van der Waals surface area (Å²) in [6, 6.07) is 12.3. The molecule has 0 atom stereocenters. The van der Waals surface area contributed by atoms with Crippen LogP contribution in [0.1, 0.15) is 25.0 Å². The van der Waals surface area contributed by atoms with Gasteiger partial charge in [-0.15, -0.1) is 0 Å². The molecule has 0 radical (unpaired) electrons. The fourth-order valence-electron chi connectivity index (χ4n) is 2.06. The van der Waals surface area contributed by atoms with Crippen molar-refractivity contribution in [2.75, 3.05) is 11.9 Å². The minimum atomic E-state index is -0.901. The topological polar surface area (TPSA) is 58.6 Å². The fraction of sp³-hybridized carbons (Fsp3) is 0.278. The summed E-state index contributed by atoms with van der Waals surface area (Å²) in [5, 5.41) is 13.3. The third-order valence-electron chi connectivity index (χ3n) is 3.39. The van der Waals surface area contributed by atoms with E-state index in [2.05, 4.69) is 5.32 Å². The number of ether oxygens (including phenoxy) is 1. The number of carbonyl (C=O) groups is 1. The highest BCUT2D eigenvalue weighted by molar-refractivity contribution is 6.30. The predicted octanol–water partition coefficient (Wildman–Crippen LogP) is 3.89. The van der Waals surface area contributed by atoms with Crippen molar-refractivity contribution in [3.63, 3.8) is 0 Å². The first-order chi connectivity index (χ1) is 10.8. The number of hydrogen-bond donors (Lipinski definition) is 2. The molecule has 0 bridgehead atoms. The first-order valence-corrected chi connectivity index (χ1v) is 7.65. The van der Waals surface area contributed by atoms with Gasteiger partial charge in [-0.1, -0.05) is 23.7 Å². The smallest absolute Gasteiger partial charge is 0.262 e. The first-order valence-electron chi connectivity index (χ1n) is 7.27. The molecule has 0 aliphatic carbocycles. The van der Waals surface area contributed by atoms with Gasteiger partial charge in [0.05, 0.1) is 5.60 Å². The minimum Gasteiger partial charge on any atom is -0.484 e. The van der Waals surface area contributed by atoms with E-state index in [0.29, 0.717) is 16.5 Å². The molecular weight excluding hydrogens is 314 g/mol. The molecule has 1 amide bonds. The van der Waals surface area contributed by atoms with Gasteiger partial charge in [0.25, 0.3) is 5.91 Å². The maximum Gasteiger partial charge on any atom is 0.262 e. The third kappa shape index (κ3) is 4.98. The molecule has 0 aliphatic rings. The Bertz CT molecular complexity index is 690. The summed E-state index contributed by atoms with van der Waals surface area (Å²) in [5.74, 6) is 0.322. The van der Waals surface area contributed by atoms with Crippen LogP contribution in [-0.2, 0) is 10.4 Å². The van der Waals surface area contributed by atoms with Crippen molar-refractivity contribution >= 4 is 23.2 Å². The summed E-state index contributed by atoms with van der Waals surface area (Å²) in [4.78, 5) is 11.9. The van der Waals surface area contributed by atoms with E-state index in [1.807, 2.05) is 6.92 Å². The zero-order valence-corrected chi connectivity index (χ0v) is 14.1. The van der Waals surface area contributed by atoms with E-state index in [4.69, 9.17) is 16.3 Å². The second-order valence-corrected chi connectivity index (χ2v) is 6.32. The summed E-state index contributed by atoms with van der Waals surface area (Å²) in [5.41, 5.74) is 1.48. The van der Waals surface area contributed by atoms with Crippen molar-refractivity contribution in [1.82, 2.24) is 0 Å². The van der Waals surface area contributed by atoms with Gasteiger partial charge in [-0.2, -0.15) is 0 Å². The lowest BCUT2D eigenvalue weighted by Gasteiger charge is -2.18.